The number of nitrogens with zero attached hydrogens (tertiary/aromatic N) is 1. The summed E-state index contributed by atoms with van der Waals surface area (Å²) in [6, 6.07) is 0.212. The molecule has 1 aromatic rings. The average Bonchev–Trinajstić information content (AvgIpc) is 2.42. The summed E-state index contributed by atoms with van der Waals surface area (Å²) in [6.07, 6.45) is -7.74. The highest BCUT2D eigenvalue weighted by atomic mass is 79.9. The van der Waals surface area contributed by atoms with E-state index in [1.807, 2.05) is 0 Å². The monoisotopic (exact) mass is 460 g/mol. The lowest BCUT2D eigenvalue weighted by molar-refractivity contribution is -0.139. The number of halogens is 8. The van der Waals surface area contributed by atoms with Crippen molar-refractivity contribution in [3.8, 4) is 5.75 Å². The van der Waals surface area contributed by atoms with Crippen LogP contribution in [0.25, 0.3) is 0 Å². The van der Waals surface area contributed by atoms with Gasteiger partial charge in [0.1, 0.15) is 11.8 Å². The molecule has 1 aliphatic heterocycles. The second-order valence-corrected chi connectivity index (χ2v) is 5.87. The lowest BCUT2D eigenvalue weighted by Crippen LogP contribution is -2.47. The Morgan fingerprint density at radius 3 is 2.12 bits per heavy atom. The summed E-state index contributed by atoms with van der Waals surface area (Å²) in [4.78, 5) is 1.38. The summed E-state index contributed by atoms with van der Waals surface area (Å²) in [5.74, 6) is -1.14. The molecule has 1 saturated heterocycles. The highest BCUT2D eigenvalue weighted by Crippen LogP contribution is 2.43. The number of hydrogen-bond donors (Lipinski definition) is 2. The van der Waals surface area contributed by atoms with Crippen LogP contribution in [-0.4, -0.2) is 42.6 Å². The SMILES string of the molecule is Cl.Cl.Oc1c([C@@H](C(F)F)N2CCNCC2)cc(Br)cc1C(F)(F)F. The molecule has 0 radical (unpaired) electrons. The van der Waals surface area contributed by atoms with E-state index in [0.717, 1.165) is 6.07 Å². The van der Waals surface area contributed by atoms with Crippen LogP contribution in [0.3, 0.4) is 0 Å². The van der Waals surface area contributed by atoms with Crippen LogP contribution in [0.5, 0.6) is 5.75 Å². The molecule has 1 atom stereocenters. The van der Waals surface area contributed by atoms with E-state index in [-0.39, 0.29) is 42.4 Å². The first-order valence-corrected chi connectivity index (χ1v) is 7.33. The van der Waals surface area contributed by atoms with Crippen molar-refractivity contribution in [2.75, 3.05) is 26.2 Å². The summed E-state index contributed by atoms with van der Waals surface area (Å²) in [5.41, 5.74) is -1.74. The van der Waals surface area contributed by atoms with Crippen molar-refractivity contribution >= 4 is 40.7 Å². The highest BCUT2D eigenvalue weighted by molar-refractivity contribution is 9.10. The van der Waals surface area contributed by atoms with Crippen molar-refractivity contribution < 1.29 is 27.1 Å². The van der Waals surface area contributed by atoms with Gasteiger partial charge in [0.15, 0.2) is 0 Å². The summed E-state index contributed by atoms with van der Waals surface area (Å²) in [7, 11) is 0. The number of phenols is 1. The van der Waals surface area contributed by atoms with Crippen molar-refractivity contribution in [2.45, 2.75) is 18.6 Å². The summed E-state index contributed by atoms with van der Waals surface area (Å²) < 4.78 is 65.6. The molecule has 1 heterocycles. The van der Waals surface area contributed by atoms with E-state index in [9.17, 15) is 27.1 Å². The molecule has 1 aromatic carbocycles. The second-order valence-electron chi connectivity index (χ2n) is 4.95. The van der Waals surface area contributed by atoms with Gasteiger partial charge in [-0.3, -0.25) is 4.90 Å². The molecule has 0 saturated carbocycles. The van der Waals surface area contributed by atoms with Gasteiger partial charge in [0, 0.05) is 36.2 Å². The molecular formula is C13H16BrCl2F5N2O. The Bertz CT molecular complexity index is 542. The van der Waals surface area contributed by atoms with Gasteiger partial charge in [-0.05, 0) is 12.1 Å². The molecular weight excluding hydrogens is 446 g/mol. The van der Waals surface area contributed by atoms with E-state index in [1.54, 1.807) is 0 Å². The van der Waals surface area contributed by atoms with E-state index in [4.69, 9.17) is 0 Å². The van der Waals surface area contributed by atoms with Gasteiger partial charge in [-0.2, -0.15) is 13.2 Å². The van der Waals surface area contributed by atoms with E-state index in [2.05, 4.69) is 21.2 Å². The molecule has 1 aliphatic rings. The number of rotatable bonds is 3. The van der Waals surface area contributed by atoms with Gasteiger partial charge in [-0.15, -0.1) is 24.8 Å². The minimum atomic E-state index is -4.82. The van der Waals surface area contributed by atoms with Crippen LogP contribution in [0.2, 0.25) is 0 Å². The van der Waals surface area contributed by atoms with Crippen molar-refractivity contribution in [1.82, 2.24) is 10.2 Å². The lowest BCUT2D eigenvalue weighted by Gasteiger charge is -2.35. The van der Waals surface area contributed by atoms with Crippen LogP contribution in [0.4, 0.5) is 22.0 Å². The lowest BCUT2D eigenvalue weighted by atomic mass is 10.00. The topological polar surface area (TPSA) is 35.5 Å². The molecule has 140 valence electrons. The van der Waals surface area contributed by atoms with Crippen molar-refractivity contribution in [2.24, 2.45) is 0 Å². The Kier molecular flexibility index (Phi) is 9.24. The Labute approximate surface area is 156 Å². The van der Waals surface area contributed by atoms with Crippen LogP contribution < -0.4 is 5.32 Å². The zero-order valence-corrected chi connectivity index (χ0v) is 15.3. The van der Waals surface area contributed by atoms with E-state index >= 15 is 0 Å². The van der Waals surface area contributed by atoms with Crippen LogP contribution in [0.15, 0.2) is 16.6 Å². The number of phenolic OH excluding ortho intramolecular Hbond substituents is 1. The Hall–Kier alpha value is -0.350. The van der Waals surface area contributed by atoms with Crippen LogP contribution in [0, 0.1) is 0 Å². The molecule has 1 fully saturated rings. The van der Waals surface area contributed by atoms with Crippen LogP contribution in [0.1, 0.15) is 17.2 Å². The zero-order valence-electron chi connectivity index (χ0n) is 12.1. The first-order chi connectivity index (χ1) is 10.2. The molecule has 0 aliphatic carbocycles. The van der Waals surface area contributed by atoms with Gasteiger partial charge in [0.25, 0.3) is 6.43 Å². The average molecular weight is 462 g/mol. The van der Waals surface area contributed by atoms with Gasteiger partial charge in [-0.25, -0.2) is 8.78 Å². The van der Waals surface area contributed by atoms with Crippen molar-refractivity contribution in [3.05, 3.63) is 27.7 Å². The molecule has 2 rings (SSSR count). The molecule has 11 heteroatoms. The third kappa shape index (κ3) is 5.32. The normalized spacial score (nSPS) is 17.1. The first-order valence-electron chi connectivity index (χ1n) is 6.54. The van der Waals surface area contributed by atoms with Gasteiger partial charge in [0.2, 0.25) is 0 Å². The van der Waals surface area contributed by atoms with Gasteiger partial charge >= 0.3 is 6.18 Å². The molecule has 0 spiro atoms. The number of benzene rings is 1. The minimum absolute atomic E-state index is 0. The molecule has 3 nitrogen and oxygen atoms in total. The number of piperazine rings is 1. The third-order valence-electron chi connectivity index (χ3n) is 3.51. The molecule has 0 bridgehead atoms. The Balaban J connectivity index is 0.00000264. The third-order valence-corrected chi connectivity index (χ3v) is 3.97. The standard InChI is InChI=1S/C13H14BrF5N2O.2ClH/c14-7-5-8(11(22)9(6-7)13(17,18)19)10(12(15)16)21-3-1-20-2-4-21;;/h5-6,10,12,20,22H,1-4H2;2*1H/t10-;;/m0../s1. The Morgan fingerprint density at radius 2 is 1.67 bits per heavy atom. The molecule has 0 unspecified atom stereocenters. The quantitative estimate of drug-likeness (QED) is 0.661. The van der Waals surface area contributed by atoms with Gasteiger partial charge in [0.05, 0.1) is 5.56 Å². The number of hydrogen-bond acceptors (Lipinski definition) is 3. The fourth-order valence-corrected chi connectivity index (χ4v) is 2.99. The van der Waals surface area contributed by atoms with E-state index < -0.39 is 35.5 Å². The van der Waals surface area contributed by atoms with Gasteiger partial charge in [-0.1, -0.05) is 15.9 Å². The summed E-state index contributed by atoms with van der Waals surface area (Å²) in [5, 5.41) is 12.9. The smallest absolute Gasteiger partial charge is 0.420 e. The highest BCUT2D eigenvalue weighted by Gasteiger charge is 2.39. The number of alkyl halides is 5. The largest absolute Gasteiger partial charge is 0.507 e. The van der Waals surface area contributed by atoms with Crippen LogP contribution in [-0.2, 0) is 6.18 Å². The fraction of sp³-hybridized carbons (Fsp3) is 0.538. The second kappa shape index (κ2) is 9.38. The maximum Gasteiger partial charge on any atom is 0.420 e. The summed E-state index contributed by atoms with van der Waals surface area (Å²) in [6.45, 7) is 1.46. The number of aromatic hydroxyl groups is 1. The predicted octanol–water partition coefficient (Wildman–Crippen LogP) is 4.23. The predicted molar refractivity (Wildman–Crippen MR) is 88.5 cm³/mol. The maximum atomic E-state index is 13.4. The van der Waals surface area contributed by atoms with E-state index in [1.165, 1.54) is 4.90 Å². The van der Waals surface area contributed by atoms with Crippen molar-refractivity contribution in [1.29, 1.82) is 0 Å². The summed E-state index contributed by atoms with van der Waals surface area (Å²) >= 11 is 2.89. The zero-order chi connectivity index (χ0) is 16.5. The van der Waals surface area contributed by atoms with E-state index in [0.29, 0.717) is 19.2 Å². The maximum absolute atomic E-state index is 13.4. The molecule has 2 N–H and O–H groups in total. The fourth-order valence-electron chi connectivity index (χ4n) is 2.51. The first kappa shape index (κ1) is 23.6. The van der Waals surface area contributed by atoms with Crippen LogP contribution >= 0.6 is 40.7 Å². The van der Waals surface area contributed by atoms with Crippen molar-refractivity contribution in [3.63, 3.8) is 0 Å². The Morgan fingerprint density at radius 1 is 1.12 bits per heavy atom. The minimum Gasteiger partial charge on any atom is -0.507 e. The molecule has 0 amide bonds. The number of nitrogens with one attached hydrogen (secondary N) is 1. The molecule has 0 aromatic heterocycles. The van der Waals surface area contributed by atoms with Gasteiger partial charge < -0.3 is 10.4 Å². The molecule has 24 heavy (non-hydrogen) atoms.